The lowest BCUT2D eigenvalue weighted by Crippen LogP contribution is -2.05. The summed E-state index contributed by atoms with van der Waals surface area (Å²) in [6.45, 7) is 6.32. The van der Waals surface area contributed by atoms with E-state index in [4.69, 9.17) is 19.4 Å². The molecule has 0 amide bonds. The Balaban J connectivity index is 1.18. The van der Waals surface area contributed by atoms with E-state index in [1.54, 1.807) is 0 Å². The zero-order valence-corrected chi connectivity index (χ0v) is 28.6. The fraction of sp³-hybridized carbons (Fsp3) is 0.0208. The molecular weight excluding hydrogens is 635 g/mol. The number of hydrogen-bond acceptors (Lipinski definition) is 4. The number of nitrogens with zero attached hydrogens (tertiary/aromatic N) is 3. The summed E-state index contributed by atoms with van der Waals surface area (Å²) in [5, 5.41) is 6.59. The van der Waals surface area contributed by atoms with Gasteiger partial charge in [0.1, 0.15) is 11.0 Å². The van der Waals surface area contributed by atoms with Gasteiger partial charge in [0.05, 0.1) is 0 Å². The molecule has 0 unspecified atom stereocenters. The van der Waals surface area contributed by atoms with E-state index in [-0.39, 0.29) is 0 Å². The van der Waals surface area contributed by atoms with Gasteiger partial charge in [-0.3, -0.25) is 0 Å². The van der Waals surface area contributed by atoms with Gasteiger partial charge in [-0.2, -0.15) is 0 Å². The molecule has 0 fully saturated rings. The maximum atomic E-state index is 6.25. The van der Waals surface area contributed by atoms with Gasteiger partial charge in [-0.25, -0.2) is 15.0 Å². The maximum absolute atomic E-state index is 6.25. The minimum atomic E-state index is 0.633. The first-order valence-corrected chi connectivity index (χ1v) is 17.4. The summed E-state index contributed by atoms with van der Waals surface area (Å²) in [5.74, 6) is 1.91. The molecule has 246 valence electrons. The molecule has 0 saturated heterocycles. The van der Waals surface area contributed by atoms with Crippen molar-refractivity contribution in [3.63, 3.8) is 0 Å². The summed E-state index contributed by atoms with van der Waals surface area (Å²) < 4.78 is 6.25. The number of benzene rings is 7. The molecule has 2 heterocycles. The third-order valence-corrected chi connectivity index (χ3v) is 9.69. The van der Waals surface area contributed by atoms with Crippen molar-refractivity contribution < 1.29 is 4.42 Å². The van der Waals surface area contributed by atoms with Crippen LogP contribution < -0.4 is 10.6 Å². The molecule has 7 aromatic carbocycles. The highest BCUT2D eigenvalue weighted by Gasteiger charge is 2.18. The fourth-order valence-corrected chi connectivity index (χ4v) is 7.11. The van der Waals surface area contributed by atoms with Crippen LogP contribution in [-0.4, -0.2) is 15.0 Å². The zero-order chi connectivity index (χ0) is 35.0. The van der Waals surface area contributed by atoms with Crippen molar-refractivity contribution in [2.24, 2.45) is 0 Å². The lowest BCUT2D eigenvalue weighted by molar-refractivity contribution is 0.578. The normalized spacial score (nSPS) is 12.4. The van der Waals surface area contributed by atoms with E-state index in [1.807, 2.05) is 60.7 Å². The molecule has 0 bridgehead atoms. The van der Waals surface area contributed by atoms with Crippen LogP contribution in [-0.2, 0) is 0 Å². The Labute approximate surface area is 301 Å². The Kier molecular flexibility index (Phi) is 7.83. The second-order valence-corrected chi connectivity index (χ2v) is 12.8. The molecule has 0 aliphatic carbocycles. The van der Waals surface area contributed by atoms with Crippen LogP contribution in [0, 0.1) is 10.4 Å². The first kappa shape index (κ1) is 31.1. The Morgan fingerprint density at radius 1 is 0.500 bits per heavy atom. The quantitative estimate of drug-likeness (QED) is 0.183. The fourth-order valence-electron chi connectivity index (χ4n) is 7.11. The van der Waals surface area contributed by atoms with Gasteiger partial charge in [0, 0.05) is 27.3 Å². The lowest BCUT2D eigenvalue weighted by Gasteiger charge is -2.15. The molecule has 52 heavy (non-hydrogen) atoms. The van der Waals surface area contributed by atoms with Crippen molar-refractivity contribution in [1.29, 1.82) is 0 Å². The van der Waals surface area contributed by atoms with Gasteiger partial charge in [-0.1, -0.05) is 164 Å². The highest BCUT2D eigenvalue weighted by molar-refractivity contribution is 6.03. The van der Waals surface area contributed by atoms with Crippen LogP contribution in [0.3, 0.4) is 0 Å². The second-order valence-electron chi connectivity index (χ2n) is 12.8. The molecule has 9 rings (SSSR count). The monoisotopic (exact) mass is 667 g/mol. The molecule has 4 heteroatoms. The van der Waals surface area contributed by atoms with Crippen LogP contribution >= 0.6 is 0 Å². The van der Waals surface area contributed by atoms with Crippen molar-refractivity contribution in [2.75, 3.05) is 0 Å². The van der Waals surface area contributed by atoms with Gasteiger partial charge in [0.25, 0.3) is 0 Å². The molecule has 0 spiro atoms. The van der Waals surface area contributed by atoms with Gasteiger partial charge in [0.2, 0.25) is 0 Å². The average molecular weight is 668 g/mol. The molecule has 0 aliphatic rings. The molecule has 0 radical (unpaired) electrons. The number of fused-ring (bicyclic) bond motifs is 2. The Bertz CT molecular complexity index is 2910. The van der Waals surface area contributed by atoms with Gasteiger partial charge in [-0.15, -0.1) is 0 Å². The highest BCUT2D eigenvalue weighted by Crippen LogP contribution is 2.39. The van der Waals surface area contributed by atoms with E-state index < -0.39 is 0 Å². The van der Waals surface area contributed by atoms with Crippen molar-refractivity contribution >= 4 is 34.4 Å². The number of hydrogen-bond donors (Lipinski definition) is 0. The third-order valence-electron chi connectivity index (χ3n) is 9.69. The second kappa shape index (κ2) is 13.1. The average Bonchev–Trinajstić information content (AvgIpc) is 3.55. The van der Waals surface area contributed by atoms with E-state index in [0.717, 1.165) is 76.3 Å². The molecule has 2 aromatic heterocycles. The zero-order valence-electron chi connectivity index (χ0n) is 28.6. The highest BCUT2D eigenvalue weighted by atomic mass is 16.3. The Hall–Kier alpha value is -6.91. The maximum Gasteiger partial charge on any atom is 0.165 e. The Morgan fingerprint density at radius 2 is 1.10 bits per heavy atom. The van der Waals surface area contributed by atoms with Crippen LogP contribution in [0.15, 0.2) is 168 Å². The van der Waals surface area contributed by atoms with Crippen molar-refractivity contribution in [1.82, 2.24) is 15.0 Å². The molecule has 4 nitrogen and oxygen atoms in total. The third kappa shape index (κ3) is 5.57. The molecule has 0 atom stereocenters. The number of aromatic nitrogens is 3. The predicted octanol–water partition coefficient (Wildman–Crippen LogP) is 10.6. The van der Waals surface area contributed by atoms with Crippen LogP contribution in [0.25, 0.3) is 90.8 Å². The van der Waals surface area contributed by atoms with E-state index in [9.17, 15) is 0 Å². The first-order valence-electron chi connectivity index (χ1n) is 17.4. The van der Waals surface area contributed by atoms with Crippen LogP contribution in [0.1, 0.15) is 6.92 Å². The van der Waals surface area contributed by atoms with Gasteiger partial charge < -0.3 is 4.42 Å². The van der Waals surface area contributed by atoms with Crippen molar-refractivity contribution in [3.8, 4) is 56.4 Å². The number of rotatable bonds is 5. The van der Waals surface area contributed by atoms with Crippen LogP contribution in [0.2, 0.25) is 0 Å². The van der Waals surface area contributed by atoms with Crippen molar-refractivity contribution in [3.05, 3.63) is 185 Å². The largest absolute Gasteiger partial charge is 0.457 e. The van der Waals surface area contributed by atoms with Crippen molar-refractivity contribution in [2.45, 2.75) is 6.92 Å². The number of furan rings is 1. The van der Waals surface area contributed by atoms with E-state index in [1.165, 1.54) is 0 Å². The minimum Gasteiger partial charge on any atom is -0.457 e. The Morgan fingerprint density at radius 3 is 1.81 bits per heavy atom. The van der Waals surface area contributed by atoms with E-state index >= 15 is 0 Å². The van der Waals surface area contributed by atoms with Gasteiger partial charge in [-0.05, 0) is 62.5 Å². The van der Waals surface area contributed by atoms with E-state index in [2.05, 4.69) is 123 Å². The van der Waals surface area contributed by atoms with Gasteiger partial charge in [0.15, 0.2) is 17.5 Å². The standard InChI is InChI=1S/C48H33N3O/c1-3-32-14-10-12-20-39(32)44-31(2)52-43-30-38(27-29-42(43)44)33-22-24-35(25-23-33)41-28-26-34-15-11-13-21-40(34)45(41)48-50-46(36-16-6-4-7-17-36)49-47(51-48)37-18-8-5-9-19-37/h3-30H,2H2,1H3/b32-3-,44-39+. The summed E-state index contributed by atoms with van der Waals surface area (Å²) in [6.07, 6.45) is 2.12. The topological polar surface area (TPSA) is 51.8 Å². The van der Waals surface area contributed by atoms with E-state index in [0.29, 0.717) is 22.9 Å². The van der Waals surface area contributed by atoms with Crippen LogP contribution in [0.5, 0.6) is 0 Å². The summed E-state index contributed by atoms with van der Waals surface area (Å²) in [4.78, 5) is 15.2. The molecule has 0 aliphatic heterocycles. The lowest BCUT2D eigenvalue weighted by atomic mass is 9.92. The van der Waals surface area contributed by atoms with Gasteiger partial charge >= 0.3 is 0 Å². The predicted molar refractivity (Wildman–Crippen MR) is 213 cm³/mol. The summed E-state index contributed by atoms with van der Waals surface area (Å²) in [5.41, 5.74) is 8.63. The van der Waals surface area contributed by atoms with Crippen LogP contribution in [0.4, 0.5) is 0 Å². The first-order chi connectivity index (χ1) is 25.6. The molecular formula is C48H33N3O. The molecule has 0 N–H and O–H groups in total. The smallest absolute Gasteiger partial charge is 0.165 e. The summed E-state index contributed by atoms with van der Waals surface area (Å²) >= 11 is 0. The summed E-state index contributed by atoms with van der Waals surface area (Å²) in [6, 6.07) is 56.5. The molecule has 9 aromatic rings. The molecule has 0 saturated carbocycles. The minimum absolute atomic E-state index is 0.633. The SMILES string of the molecule is C=c1oc2cc(-c3ccc(-c4ccc5ccccc5c4-c4nc(-c5ccccc5)nc(-c5ccccc5)n4)cc3)ccc2/c1=c1\cccc\c1=C\C. The summed E-state index contributed by atoms with van der Waals surface area (Å²) in [7, 11) is 0.